The van der Waals surface area contributed by atoms with Crippen LogP contribution in [-0.4, -0.2) is 11.1 Å². The van der Waals surface area contributed by atoms with Crippen LogP contribution in [0.25, 0.3) is 11.1 Å². The molecule has 0 spiro atoms. The van der Waals surface area contributed by atoms with Crippen molar-refractivity contribution in [2.24, 2.45) is 0 Å². The van der Waals surface area contributed by atoms with Crippen molar-refractivity contribution in [3.63, 3.8) is 0 Å². The van der Waals surface area contributed by atoms with E-state index in [0.717, 1.165) is 5.56 Å². The van der Waals surface area contributed by atoms with Gasteiger partial charge < -0.3 is 5.11 Å². The first-order valence-electron chi connectivity index (χ1n) is 5.39. The zero-order valence-electron chi connectivity index (χ0n) is 9.61. The largest absolute Gasteiger partial charge is 0.478 e. The van der Waals surface area contributed by atoms with Crippen molar-refractivity contribution < 1.29 is 9.90 Å². The Morgan fingerprint density at radius 3 is 2.16 bits per heavy atom. The number of aromatic carboxylic acids is 1. The van der Waals surface area contributed by atoms with Crippen molar-refractivity contribution in [2.75, 3.05) is 0 Å². The first kappa shape index (κ1) is 14.2. The van der Waals surface area contributed by atoms with E-state index in [-0.39, 0.29) is 5.56 Å². The van der Waals surface area contributed by atoms with Gasteiger partial charge in [0.2, 0.25) is 3.79 Å². The molecule has 0 radical (unpaired) electrons. The molecule has 0 saturated carbocycles. The third-order valence-electron chi connectivity index (χ3n) is 2.66. The second-order valence-electron chi connectivity index (χ2n) is 3.93. The minimum Gasteiger partial charge on any atom is -0.478 e. The normalized spacial score (nSPS) is 11.3. The average Bonchev–Trinajstić information content (AvgIpc) is 2.38. The number of benzene rings is 2. The molecule has 0 amide bonds. The molecule has 2 aromatic rings. The molecule has 98 valence electrons. The van der Waals surface area contributed by atoms with Gasteiger partial charge in [-0.15, -0.1) is 0 Å². The molecule has 0 aliphatic carbocycles. The SMILES string of the molecule is O=C(O)c1cc(C(Cl)(Cl)Cl)ccc1-c1ccccc1. The Labute approximate surface area is 125 Å². The summed E-state index contributed by atoms with van der Waals surface area (Å²) in [6.45, 7) is 0. The lowest BCUT2D eigenvalue weighted by atomic mass is 9.98. The van der Waals surface area contributed by atoms with Crippen molar-refractivity contribution in [3.05, 3.63) is 59.7 Å². The van der Waals surface area contributed by atoms with Crippen molar-refractivity contribution in [3.8, 4) is 11.1 Å². The molecule has 1 N–H and O–H groups in total. The number of hydrogen-bond donors (Lipinski definition) is 1. The van der Waals surface area contributed by atoms with E-state index in [4.69, 9.17) is 34.8 Å². The topological polar surface area (TPSA) is 37.3 Å². The third kappa shape index (κ3) is 3.21. The van der Waals surface area contributed by atoms with Gasteiger partial charge >= 0.3 is 5.97 Å². The number of hydrogen-bond acceptors (Lipinski definition) is 1. The average molecular weight is 316 g/mol. The zero-order valence-corrected chi connectivity index (χ0v) is 11.9. The first-order valence-corrected chi connectivity index (χ1v) is 6.53. The molecule has 0 unspecified atom stereocenters. The predicted octanol–water partition coefficient (Wildman–Crippen LogP) is 4.88. The van der Waals surface area contributed by atoms with Crippen molar-refractivity contribution >= 4 is 40.8 Å². The van der Waals surface area contributed by atoms with Gasteiger partial charge in [-0.25, -0.2) is 4.79 Å². The summed E-state index contributed by atoms with van der Waals surface area (Å²) in [7, 11) is 0. The maximum Gasteiger partial charge on any atom is 0.336 e. The molecular weight excluding hydrogens is 307 g/mol. The van der Waals surface area contributed by atoms with Gasteiger partial charge in [0.1, 0.15) is 0 Å². The summed E-state index contributed by atoms with van der Waals surface area (Å²) in [4.78, 5) is 11.3. The fourth-order valence-corrected chi connectivity index (χ4v) is 2.12. The summed E-state index contributed by atoms with van der Waals surface area (Å²) in [6, 6.07) is 13.8. The van der Waals surface area contributed by atoms with Crippen LogP contribution in [0.2, 0.25) is 0 Å². The number of rotatable bonds is 2. The summed E-state index contributed by atoms with van der Waals surface area (Å²) in [6.07, 6.45) is 0. The van der Waals surface area contributed by atoms with Gasteiger partial charge in [-0.3, -0.25) is 0 Å². The molecule has 5 heteroatoms. The van der Waals surface area contributed by atoms with Gasteiger partial charge in [0.05, 0.1) is 5.56 Å². The molecule has 0 aliphatic rings. The van der Waals surface area contributed by atoms with E-state index < -0.39 is 9.76 Å². The summed E-state index contributed by atoms with van der Waals surface area (Å²) < 4.78 is -1.64. The van der Waals surface area contributed by atoms with Gasteiger partial charge in [0.25, 0.3) is 0 Å². The molecule has 19 heavy (non-hydrogen) atoms. The van der Waals surface area contributed by atoms with E-state index in [1.165, 1.54) is 6.07 Å². The predicted molar refractivity (Wildman–Crippen MR) is 78.1 cm³/mol. The van der Waals surface area contributed by atoms with Crippen molar-refractivity contribution in [1.82, 2.24) is 0 Å². The highest BCUT2D eigenvalue weighted by Gasteiger charge is 2.25. The highest BCUT2D eigenvalue weighted by molar-refractivity contribution is 6.66. The molecule has 0 heterocycles. The second kappa shape index (κ2) is 5.41. The Bertz CT molecular complexity index is 604. The van der Waals surface area contributed by atoms with Crippen molar-refractivity contribution in [2.45, 2.75) is 3.79 Å². The van der Waals surface area contributed by atoms with Gasteiger partial charge in [0, 0.05) is 5.56 Å². The number of alkyl halides is 3. The van der Waals surface area contributed by atoms with E-state index >= 15 is 0 Å². The smallest absolute Gasteiger partial charge is 0.336 e. The Kier molecular flexibility index (Phi) is 4.04. The quantitative estimate of drug-likeness (QED) is 0.802. The van der Waals surface area contributed by atoms with E-state index in [0.29, 0.717) is 11.1 Å². The fourth-order valence-electron chi connectivity index (χ4n) is 1.77. The zero-order chi connectivity index (χ0) is 14.0. The molecule has 2 aromatic carbocycles. The Morgan fingerprint density at radius 1 is 1.00 bits per heavy atom. The van der Waals surface area contributed by atoms with Crippen LogP contribution in [0.3, 0.4) is 0 Å². The van der Waals surface area contributed by atoms with Gasteiger partial charge in [-0.05, 0) is 17.2 Å². The maximum absolute atomic E-state index is 11.3. The first-order chi connectivity index (χ1) is 8.89. The Balaban J connectivity index is 2.61. The molecular formula is C14H9Cl3O2. The third-order valence-corrected chi connectivity index (χ3v) is 3.32. The van der Waals surface area contributed by atoms with Crippen molar-refractivity contribution in [1.29, 1.82) is 0 Å². The second-order valence-corrected chi connectivity index (χ2v) is 6.21. The molecule has 0 bridgehead atoms. The number of carboxylic acids is 1. The van der Waals surface area contributed by atoms with Crippen LogP contribution in [0.4, 0.5) is 0 Å². The van der Waals surface area contributed by atoms with Gasteiger partial charge in [-0.2, -0.15) is 0 Å². The minimum atomic E-state index is -1.64. The Morgan fingerprint density at radius 2 is 1.63 bits per heavy atom. The van der Waals surface area contributed by atoms with Gasteiger partial charge in [0.15, 0.2) is 0 Å². The van der Waals surface area contributed by atoms with E-state index in [9.17, 15) is 9.90 Å². The molecule has 0 saturated heterocycles. The Hall–Kier alpha value is -1.22. The minimum absolute atomic E-state index is 0.107. The summed E-state index contributed by atoms with van der Waals surface area (Å²) in [5.41, 5.74) is 1.83. The standard InChI is InChI=1S/C14H9Cl3O2/c15-14(16,17)10-6-7-11(12(8-10)13(18)19)9-4-2-1-3-5-9/h1-8H,(H,18,19). The van der Waals surface area contributed by atoms with Crippen LogP contribution in [-0.2, 0) is 3.79 Å². The lowest BCUT2D eigenvalue weighted by Gasteiger charge is -2.14. The number of carbonyl (C=O) groups is 1. The van der Waals surface area contributed by atoms with Crippen LogP contribution in [0.5, 0.6) is 0 Å². The van der Waals surface area contributed by atoms with Crippen LogP contribution < -0.4 is 0 Å². The monoisotopic (exact) mass is 314 g/mol. The summed E-state index contributed by atoms with van der Waals surface area (Å²) >= 11 is 17.3. The fraction of sp³-hybridized carbons (Fsp3) is 0.0714. The molecule has 0 aromatic heterocycles. The summed E-state index contributed by atoms with van der Waals surface area (Å²) in [5.74, 6) is -1.06. The molecule has 0 atom stereocenters. The van der Waals surface area contributed by atoms with E-state index in [1.807, 2.05) is 30.3 Å². The van der Waals surface area contributed by atoms with Crippen LogP contribution in [0, 0.1) is 0 Å². The van der Waals surface area contributed by atoms with E-state index in [1.54, 1.807) is 12.1 Å². The number of halogens is 3. The maximum atomic E-state index is 11.3. The lowest BCUT2D eigenvalue weighted by molar-refractivity contribution is 0.0697. The molecule has 2 rings (SSSR count). The number of carboxylic acid groups (broad SMARTS) is 1. The highest BCUT2D eigenvalue weighted by atomic mass is 35.6. The van der Waals surface area contributed by atoms with Crippen LogP contribution in [0.1, 0.15) is 15.9 Å². The van der Waals surface area contributed by atoms with E-state index in [2.05, 4.69) is 0 Å². The molecule has 2 nitrogen and oxygen atoms in total. The molecule has 0 fully saturated rings. The summed E-state index contributed by atoms with van der Waals surface area (Å²) in [5, 5.41) is 9.29. The highest BCUT2D eigenvalue weighted by Crippen LogP contribution is 2.39. The lowest BCUT2D eigenvalue weighted by Crippen LogP contribution is -2.06. The van der Waals surface area contributed by atoms with Gasteiger partial charge in [-0.1, -0.05) is 77.3 Å². The van der Waals surface area contributed by atoms with Crippen LogP contribution >= 0.6 is 34.8 Å². The van der Waals surface area contributed by atoms with Crippen LogP contribution in [0.15, 0.2) is 48.5 Å². The molecule has 0 aliphatic heterocycles.